The third-order valence-electron chi connectivity index (χ3n) is 3.86. The average Bonchev–Trinajstić information content (AvgIpc) is 3.17. The standard InChI is InChI=1S/C20H17BrN2O6/c1-26-16-5-3-4-13-9-17(29-19(13)16)20(25)23-22-10-12-6-7-15(14(21)8-12)28-11-18(24)27-2/h3-10H,11H2,1-2H3,(H,23,25)/b22-10-. The van der Waals surface area contributed by atoms with Crippen LogP contribution in [0.2, 0.25) is 0 Å². The van der Waals surface area contributed by atoms with Gasteiger partial charge in [0.1, 0.15) is 5.75 Å². The number of para-hydroxylation sites is 1. The molecule has 1 amide bonds. The maximum absolute atomic E-state index is 12.3. The molecule has 2 aromatic carbocycles. The number of carbonyl (C=O) groups is 2. The van der Waals surface area contributed by atoms with E-state index in [2.05, 4.69) is 31.2 Å². The summed E-state index contributed by atoms with van der Waals surface area (Å²) in [7, 11) is 2.82. The van der Waals surface area contributed by atoms with Gasteiger partial charge < -0.3 is 18.6 Å². The summed E-state index contributed by atoms with van der Waals surface area (Å²) in [6, 6.07) is 12.1. The van der Waals surface area contributed by atoms with Crippen LogP contribution in [0.3, 0.4) is 0 Å². The van der Waals surface area contributed by atoms with Crippen LogP contribution in [0, 0.1) is 0 Å². The molecule has 8 nitrogen and oxygen atoms in total. The van der Waals surface area contributed by atoms with Crippen molar-refractivity contribution in [2.45, 2.75) is 0 Å². The van der Waals surface area contributed by atoms with Crippen LogP contribution in [0.5, 0.6) is 11.5 Å². The number of hydrogen-bond donors (Lipinski definition) is 1. The molecule has 9 heteroatoms. The Morgan fingerprint density at radius 1 is 1.17 bits per heavy atom. The molecule has 0 unspecified atom stereocenters. The number of fused-ring (bicyclic) bond motifs is 1. The topological polar surface area (TPSA) is 99.4 Å². The van der Waals surface area contributed by atoms with Gasteiger partial charge in [0.2, 0.25) is 0 Å². The fourth-order valence-electron chi connectivity index (χ4n) is 2.44. The highest BCUT2D eigenvalue weighted by molar-refractivity contribution is 9.10. The first-order chi connectivity index (χ1) is 14.0. The summed E-state index contributed by atoms with van der Waals surface area (Å²) in [6.07, 6.45) is 1.47. The number of carbonyl (C=O) groups excluding carboxylic acids is 2. The second kappa shape index (κ2) is 9.24. The summed E-state index contributed by atoms with van der Waals surface area (Å²) in [4.78, 5) is 23.4. The van der Waals surface area contributed by atoms with E-state index in [-0.39, 0.29) is 12.4 Å². The van der Waals surface area contributed by atoms with Crippen molar-refractivity contribution in [1.29, 1.82) is 0 Å². The van der Waals surface area contributed by atoms with Gasteiger partial charge in [-0.2, -0.15) is 5.10 Å². The number of ether oxygens (including phenoxy) is 3. The number of rotatable bonds is 7. The zero-order chi connectivity index (χ0) is 20.8. The van der Waals surface area contributed by atoms with Gasteiger partial charge in [0.05, 0.1) is 24.9 Å². The van der Waals surface area contributed by atoms with E-state index in [0.29, 0.717) is 27.1 Å². The maximum atomic E-state index is 12.3. The molecule has 150 valence electrons. The number of halogens is 1. The molecule has 0 atom stereocenters. The van der Waals surface area contributed by atoms with Crippen LogP contribution in [0.25, 0.3) is 11.0 Å². The van der Waals surface area contributed by atoms with Crippen molar-refractivity contribution in [3.05, 3.63) is 58.3 Å². The number of hydrogen-bond acceptors (Lipinski definition) is 7. The quantitative estimate of drug-likeness (QED) is 0.329. The first kappa shape index (κ1) is 20.4. The summed E-state index contributed by atoms with van der Waals surface area (Å²) >= 11 is 3.36. The van der Waals surface area contributed by atoms with E-state index in [0.717, 1.165) is 5.39 Å². The van der Waals surface area contributed by atoms with Crippen molar-refractivity contribution in [3.63, 3.8) is 0 Å². The van der Waals surface area contributed by atoms with E-state index >= 15 is 0 Å². The third kappa shape index (κ3) is 4.94. The number of hydrazone groups is 1. The van der Waals surface area contributed by atoms with Crippen LogP contribution in [0.4, 0.5) is 0 Å². The maximum Gasteiger partial charge on any atom is 0.343 e. The SMILES string of the molecule is COC(=O)COc1ccc(/C=N\NC(=O)c2cc3cccc(OC)c3o2)cc1Br. The first-order valence-electron chi connectivity index (χ1n) is 8.41. The Labute approximate surface area is 174 Å². The van der Waals surface area contributed by atoms with Crippen molar-refractivity contribution < 1.29 is 28.2 Å². The number of nitrogens with one attached hydrogen (secondary N) is 1. The van der Waals surface area contributed by atoms with Crippen LogP contribution in [-0.2, 0) is 9.53 Å². The highest BCUT2D eigenvalue weighted by Crippen LogP contribution is 2.28. The smallest absolute Gasteiger partial charge is 0.343 e. The lowest BCUT2D eigenvalue weighted by Gasteiger charge is -2.07. The van der Waals surface area contributed by atoms with Crippen LogP contribution in [0.15, 0.2) is 56.5 Å². The molecule has 0 saturated carbocycles. The molecule has 29 heavy (non-hydrogen) atoms. The number of benzene rings is 2. The first-order valence-corrected chi connectivity index (χ1v) is 9.20. The molecular formula is C20H17BrN2O6. The highest BCUT2D eigenvalue weighted by Gasteiger charge is 2.14. The van der Waals surface area contributed by atoms with Gasteiger partial charge in [-0.05, 0) is 51.8 Å². The van der Waals surface area contributed by atoms with Crippen LogP contribution in [-0.4, -0.2) is 38.9 Å². The molecule has 1 aromatic heterocycles. The van der Waals surface area contributed by atoms with Crippen LogP contribution >= 0.6 is 15.9 Å². The lowest BCUT2D eigenvalue weighted by Crippen LogP contribution is -2.16. The van der Waals surface area contributed by atoms with E-state index in [1.54, 1.807) is 30.3 Å². The zero-order valence-electron chi connectivity index (χ0n) is 15.6. The largest absolute Gasteiger partial charge is 0.493 e. The molecule has 1 heterocycles. The van der Waals surface area contributed by atoms with Gasteiger partial charge in [-0.15, -0.1) is 0 Å². The van der Waals surface area contributed by atoms with Crippen molar-refractivity contribution in [3.8, 4) is 11.5 Å². The molecule has 3 rings (SSSR count). The van der Waals surface area contributed by atoms with Crippen molar-refractivity contribution in [2.75, 3.05) is 20.8 Å². The summed E-state index contributed by atoms with van der Waals surface area (Å²) in [6.45, 7) is -0.194. The van der Waals surface area contributed by atoms with Crippen molar-refractivity contribution >= 4 is 45.0 Å². The molecule has 0 aliphatic rings. The van der Waals surface area contributed by atoms with Gasteiger partial charge in [0.25, 0.3) is 0 Å². The predicted molar refractivity (Wildman–Crippen MR) is 109 cm³/mol. The number of esters is 1. The Kier molecular flexibility index (Phi) is 6.50. The highest BCUT2D eigenvalue weighted by atomic mass is 79.9. The predicted octanol–water partition coefficient (Wildman–Crippen LogP) is 3.52. The van der Waals surface area contributed by atoms with E-state index in [1.807, 2.05) is 12.1 Å². The average molecular weight is 461 g/mol. The molecule has 0 aliphatic carbocycles. The van der Waals surface area contributed by atoms with Crippen molar-refractivity contribution in [2.24, 2.45) is 5.10 Å². The van der Waals surface area contributed by atoms with Gasteiger partial charge in [0.15, 0.2) is 23.7 Å². The number of nitrogens with zero attached hydrogens (tertiary/aromatic N) is 1. The summed E-state index contributed by atoms with van der Waals surface area (Å²) in [5.41, 5.74) is 3.61. The Bertz CT molecular complexity index is 1080. The molecule has 0 bridgehead atoms. The summed E-state index contributed by atoms with van der Waals surface area (Å²) < 4.78 is 21.3. The molecule has 1 N–H and O–H groups in total. The Hall–Kier alpha value is -3.33. The third-order valence-corrected chi connectivity index (χ3v) is 4.48. The minimum Gasteiger partial charge on any atom is -0.493 e. The Morgan fingerprint density at radius 3 is 2.72 bits per heavy atom. The Balaban J connectivity index is 1.64. The van der Waals surface area contributed by atoms with E-state index < -0.39 is 11.9 Å². The van der Waals surface area contributed by atoms with Gasteiger partial charge in [-0.1, -0.05) is 12.1 Å². The van der Waals surface area contributed by atoms with Crippen LogP contribution in [0.1, 0.15) is 16.1 Å². The monoisotopic (exact) mass is 460 g/mol. The zero-order valence-corrected chi connectivity index (χ0v) is 17.2. The van der Waals surface area contributed by atoms with E-state index in [1.165, 1.54) is 20.4 Å². The minimum absolute atomic E-state index is 0.120. The van der Waals surface area contributed by atoms with Gasteiger partial charge >= 0.3 is 11.9 Å². The lowest BCUT2D eigenvalue weighted by molar-refractivity contribution is -0.142. The van der Waals surface area contributed by atoms with E-state index in [9.17, 15) is 9.59 Å². The molecule has 0 saturated heterocycles. The second-order valence-corrected chi connectivity index (χ2v) is 6.60. The molecule has 3 aromatic rings. The minimum atomic E-state index is -0.489. The molecule has 0 spiro atoms. The molecule has 0 radical (unpaired) electrons. The van der Waals surface area contributed by atoms with Gasteiger partial charge in [-0.3, -0.25) is 4.79 Å². The van der Waals surface area contributed by atoms with E-state index in [4.69, 9.17) is 13.9 Å². The van der Waals surface area contributed by atoms with Gasteiger partial charge in [-0.25, -0.2) is 10.2 Å². The van der Waals surface area contributed by atoms with Crippen LogP contribution < -0.4 is 14.9 Å². The fraction of sp³-hybridized carbons (Fsp3) is 0.150. The molecular weight excluding hydrogens is 444 g/mol. The van der Waals surface area contributed by atoms with Crippen molar-refractivity contribution in [1.82, 2.24) is 5.43 Å². The molecule has 0 fully saturated rings. The summed E-state index contributed by atoms with van der Waals surface area (Å²) in [5, 5.41) is 4.69. The normalized spacial score (nSPS) is 10.9. The summed E-state index contributed by atoms with van der Waals surface area (Å²) in [5.74, 6) is 0.177. The fourth-order valence-corrected chi connectivity index (χ4v) is 2.95. The number of furan rings is 1. The number of amides is 1. The number of methoxy groups -OCH3 is 2. The second-order valence-electron chi connectivity index (χ2n) is 5.74. The lowest BCUT2D eigenvalue weighted by atomic mass is 10.2. The molecule has 0 aliphatic heterocycles. The Morgan fingerprint density at radius 2 is 2.00 bits per heavy atom. The van der Waals surface area contributed by atoms with Gasteiger partial charge in [0, 0.05) is 5.39 Å².